The number of rotatable bonds is 7. The van der Waals surface area contributed by atoms with E-state index >= 15 is 0 Å². The largest absolute Gasteiger partial charge is 0.508 e. The van der Waals surface area contributed by atoms with E-state index in [2.05, 4.69) is 15.2 Å². The number of anilines is 2. The number of phenols is 2. The number of halogens is 1. The average molecular weight is 463 g/mol. The predicted molar refractivity (Wildman–Crippen MR) is 116 cm³/mol. The van der Waals surface area contributed by atoms with E-state index in [9.17, 15) is 28.7 Å². The van der Waals surface area contributed by atoms with Crippen LogP contribution in [0.15, 0.2) is 70.7 Å². The molecule has 3 aromatic rings. The smallest absolute Gasteiger partial charge is 0.295 e. The van der Waals surface area contributed by atoms with E-state index in [1.807, 2.05) is 0 Å². The van der Waals surface area contributed by atoms with Gasteiger partial charge in [0, 0.05) is 22.7 Å². The summed E-state index contributed by atoms with van der Waals surface area (Å²) in [5, 5.41) is 34.6. The third-order valence-corrected chi connectivity index (χ3v) is 5.57. The lowest BCUT2D eigenvalue weighted by Gasteiger charge is -2.09. The summed E-state index contributed by atoms with van der Waals surface area (Å²) < 4.78 is 27.5. The van der Waals surface area contributed by atoms with Gasteiger partial charge in [-0.05, 0) is 42.5 Å². The Balaban J connectivity index is 1.85. The van der Waals surface area contributed by atoms with Gasteiger partial charge < -0.3 is 10.2 Å². The summed E-state index contributed by atoms with van der Waals surface area (Å²) in [6.45, 7) is 0. The van der Waals surface area contributed by atoms with Crippen LogP contribution in [-0.2, 0) is 10.0 Å². The van der Waals surface area contributed by atoms with Gasteiger partial charge in [0.05, 0.1) is 21.7 Å². The first-order chi connectivity index (χ1) is 14.7. The molecule has 0 aliphatic rings. The summed E-state index contributed by atoms with van der Waals surface area (Å²) in [4.78, 5) is 10.4. The molecule has 0 radical (unpaired) electrons. The molecule has 0 saturated heterocycles. The van der Waals surface area contributed by atoms with Crippen molar-refractivity contribution in [3.8, 4) is 11.5 Å². The van der Waals surface area contributed by atoms with Crippen LogP contribution in [0.3, 0.4) is 0 Å². The van der Waals surface area contributed by atoms with Gasteiger partial charge in [0.15, 0.2) is 0 Å². The SMILES string of the molecule is O=[N+]([O-])c1cc(S(=O)(=O)Nc2cccc(Cl)c2)ccc1N/N=C/c1ccc(O)cc1O. The summed E-state index contributed by atoms with van der Waals surface area (Å²) in [5.74, 6) is -0.380. The third-order valence-electron chi connectivity index (χ3n) is 3.96. The summed E-state index contributed by atoms with van der Waals surface area (Å²) in [7, 11) is -4.11. The van der Waals surface area contributed by atoms with Crippen LogP contribution in [0, 0.1) is 10.1 Å². The first-order valence-corrected chi connectivity index (χ1v) is 10.4. The number of benzene rings is 3. The lowest BCUT2D eigenvalue weighted by atomic mass is 10.2. The second-order valence-electron chi connectivity index (χ2n) is 6.17. The molecule has 0 aliphatic heterocycles. The molecule has 10 nitrogen and oxygen atoms in total. The molecular weight excluding hydrogens is 448 g/mol. The zero-order valence-electron chi connectivity index (χ0n) is 15.6. The number of nitrogens with zero attached hydrogens (tertiary/aromatic N) is 2. The van der Waals surface area contributed by atoms with Crippen molar-refractivity contribution in [1.29, 1.82) is 0 Å². The van der Waals surface area contributed by atoms with Gasteiger partial charge in [-0.2, -0.15) is 5.10 Å². The Morgan fingerprint density at radius 2 is 1.84 bits per heavy atom. The van der Waals surface area contributed by atoms with Gasteiger partial charge in [0.25, 0.3) is 15.7 Å². The van der Waals surface area contributed by atoms with Gasteiger partial charge in [-0.3, -0.25) is 20.3 Å². The molecule has 0 saturated carbocycles. The van der Waals surface area contributed by atoms with Crippen LogP contribution in [0.5, 0.6) is 11.5 Å². The predicted octanol–water partition coefficient (Wildman–Crippen LogP) is 3.91. The van der Waals surface area contributed by atoms with Crippen molar-refractivity contribution in [1.82, 2.24) is 0 Å². The summed E-state index contributed by atoms with van der Waals surface area (Å²) in [6.07, 6.45) is 1.18. The van der Waals surface area contributed by atoms with E-state index < -0.39 is 20.6 Å². The topological polar surface area (TPSA) is 154 Å². The molecule has 12 heteroatoms. The minimum Gasteiger partial charge on any atom is -0.508 e. The van der Waals surface area contributed by atoms with Crippen LogP contribution in [0.1, 0.15) is 5.56 Å². The fourth-order valence-electron chi connectivity index (χ4n) is 2.50. The fraction of sp³-hybridized carbons (Fsp3) is 0. The Bertz CT molecular complexity index is 1280. The maximum absolute atomic E-state index is 12.6. The lowest BCUT2D eigenvalue weighted by Crippen LogP contribution is -2.13. The number of phenolic OH excluding ortho intramolecular Hbond substituents is 2. The van der Waals surface area contributed by atoms with Gasteiger partial charge in [-0.25, -0.2) is 8.42 Å². The van der Waals surface area contributed by atoms with Gasteiger partial charge in [0.2, 0.25) is 0 Å². The zero-order chi connectivity index (χ0) is 22.6. The highest BCUT2D eigenvalue weighted by Crippen LogP contribution is 2.29. The highest BCUT2D eigenvalue weighted by molar-refractivity contribution is 7.92. The van der Waals surface area contributed by atoms with Crippen molar-refractivity contribution < 1.29 is 23.6 Å². The van der Waals surface area contributed by atoms with Crippen molar-refractivity contribution in [2.24, 2.45) is 5.10 Å². The van der Waals surface area contributed by atoms with Gasteiger partial charge in [-0.15, -0.1) is 0 Å². The molecule has 0 fully saturated rings. The number of nitro groups is 1. The van der Waals surface area contributed by atoms with Crippen LogP contribution < -0.4 is 10.1 Å². The molecule has 4 N–H and O–H groups in total. The molecule has 0 spiro atoms. The van der Waals surface area contributed by atoms with Gasteiger partial charge in [-0.1, -0.05) is 17.7 Å². The lowest BCUT2D eigenvalue weighted by molar-refractivity contribution is -0.384. The van der Waals surface area contributed by atoms with Crippen LogP contribution in [-0.4, -0.2) is 29.8 Å². The van der Waals surface area contributed by atoms with Crippen molar-refractivity contribution in [3.05, 3.63) is 81.4 Å². The normalized spacial score (nSPS) is 11.4. The van der Waals surface area contributed by atoms with E-state index in [0.717, 1.165) is 12.1 Å². The van der Waals surface area contributed by atoms with Gasteiger partial charge >= 0.3 is 0 Å². The van der Waals surface area contributed by atoms with Crippen LogP contribution in [0.2, 0.25) is 5.02 Å². The van der Waals surface area contributed by atoms with E-state index in [-0.39, 0.29) is 33.3 Å². The highest BCUT2D eigenvalue weighted by atomic mass is 35.5. The molecule has 3 aromatic carbocycles. The molecule has 3 rings (SSSR count). The Hall–Kier alpha value is -3.83. The maximum atomic E-state index is 12.6. The second kappa shape index (κ2) is 8.90. The van der Waals surface area contributed by atoms with Crippen molar-refractivity contribution >= 4 is 44.9 Å². The van der Waals surface area contributed by atoms with E-state index in [1.54, 1.807) is 12.1 Å². The molecule has 0 unspecified atom stereocenters. The van der Waals surface area contributed by atoms with Crippen LogP contribution >= 0.6 is 11.6 Å². The molecule has 0 amide bonds. The first kappa shape index (κ1) is 21.9. The van der Waals surface area contributed by atoms with Gasteiger partial charge in [0.1, 0.15) is 17.2 Å². The third kappa shape index (κ3) is 5.41. The summed E-state index contributed by atoms with van der Waals surface area (Å²) >= 11 is 5.84. The average Bonchev–Trinajstić information content (AvgIpc) is 2.69. The Morgan fingerprint density at radius 3 is 2.52 bits per heavy atom. The van der Waals surface area contributed by atoms with E-state index in [4.69, 9.17) is 11.6 Å². The number of hydrogen-bond donors (Lipinski definition) is 4. The van der Waals surface area contributed by atoms with E-state index in [0.29, 0.717) is 5.02 Å². The molecule has 0 aromatic heterocycles. The fourth-order valence-corrected chi connectivity index (χ4v) is 3.76. The number of hydrogen-bond acceptors (Lipinski definition) is 8. The Morgan fingerprint density at radius 1 is 1.06 bits per heavy atom. The Labute approximate surface area is 181 Å². The number of sulfonamides is 1. The van der Waals surface area contributed by atoms with Crippen LogP contribution in [0.25, 0.3) is 0 Å². The second-order valence-corrected chi connectivity index (χ2v) is 8.28. The number of nitrogens with one attached hydrogen (secondary N) is 2. The van der Waals surface area contributed by atoms with E-state index in [1.165, 1.54) is 42.6 Å². The molecule has 0 heterocycles. The minimum atomic E-state index is -4.11. The highest BCUT2D eigenvalue weighted by Gasteiger charge is 2.21. The zero-order valence-corrected chi connectivity index (χ0v) is 17.1. The van der Waals surface area contributed by atoms with Crippen LogP contribution in [0.4, 0.5) is 17.1 Å². The standard InChI is InChI=1S/C19H15ClN4O6S/c20-13-2-1-3-14(8-13)23-31(29,30)16-6-7-17(18(10-16)24(27)28)22-21-11-12-4-5-15(25)9-19(12)26/h1-11,22-23,25-26H/b21-11+. The first-order valence-electron chi connectivity index (χ1n) is 8.53. The molecule has 160 valence electrons. The summed E-state index contributed by atoms with van der Waals surface area (Å²) in [6, 6.07) is 13.1. The quantitative estimate of drug-likeness (QED) is 0.236. The number of aromatic hydroxyl groups is 2. The minimum absolute atomic E-state index is 0.0683. The molecule has 0 bridgehead atoms. The maximum Gasteiger partial charge on any atom is 0.295 e. The molecule has 0 atom stereocenters. The molecule has 31 heavy (non-hydrogen) atoms. The van der Waals surface area contributed by atoms with Crippen molar-refractivity contribution in [2.45, 2.75) is 4.90 Å². The Kier molecular flexibility index (Phi) is 6.28. The van der Waals surface area contributed by atoms with Crippen molar-refractivity contribution in [2.75, 3.05) is 10.1 Å². The number of hydrazone groups is 1. The van der Waals surface area contributed by atoms with Crippen molar-refractivity contribution in [3.63, 3.8) is 0 Å². The number of nitro benzene ring substituents is 1. The monoisotopic (exact) mass is 462 g/mol. The molecular formula is C19H15ClN4O6S. The molecule has 0 aliphatic carbocycles. The summed E-state index contributed by atoms with van der Waals surface area (Å²) in [5.41, 5.74) is 2.30.